The molecule has 1 heterocycles. The second kappa shape index (κ2) is 10.6. The van der Waals surface area contributed by atoms with Crippen molar-refractivity contribution in [3.05, 3.63) is 81.0 Å². The Balaban J connectivity index is 1.80. The lowest BCUT2D eigenvalue weighted by Gasteiger charge is -2.17. The van der Waals surface area contributed by atoms with Crippen molar-refractivity contribution in [2.75, 3.05) is 13.2 Å². The molecule has 0 saturated carbocycles. The van der Waals surface area contributed by atoms with Crippen LogP contribution in [0.15, 0.2) is 64.2 Å². The third-order valence-corrected chi connectivity index (χ3v) is 5.24. The van der Waals surface area contributed by atoms with E-state index in [1.54, 1.807) is 38.1 Å². The van der Waals surface area contributed by atoms with Gasteiger partial charge in [-0.3, -0.25) is 23.5 Å². The first-order valence-corrected chi connectivity index (χ1v) is 10.7. The number of esters is 1. The van der Waals surface area contributed by atoms with E-state index in [1.807, 2.05) is 30.3 Å². The molecule has 0 radical (unpaired) electrons. The van der Waals surface area contributed by atoms with Crippen LogP contribution < -0.4 is 16.6 Å². The van der Waals surface area contributed by atoms with Gasteiger partial charge in [-0.15, -0.1) is 0 Å². The molecule has 0 fully saturated rings. The van der Waals surface area contributed by atoms with Crippen LogP contribution in [-0.4, -0.2) is 34.2 Å². The van der Waals surface area contributed by atoms with Crippen molar-refractivity contribution in [1.29, 1.82) is 0 Å². The Morgan fingerprint density at radius 3 is 2.34 bits per heavy atom. The Labute approximate surface area is 185 Å². The lowest BCUT2D eigenvalue weighted by molar-refractivity contribution is -0.147. The van der Waals surface area contributed by atoms with E-state index >= 15 is 0 Å². The van der Waals surface area contributed by atoms with Crippen molar-refractivity contribution < 1.29 is 14.3 Å². The molecule has 2 aromatic carbocycles. The summed E-state index contributed by atoms with van der Waals surface area (Å²) in [5.41, 5.74) is 0.429. The van der Waals surface area contributed by atoms with Gasteiger partial charge in [0, 0.05) is 13.1 Å². The molecule has 0 aliphatic rings. The van der Waals surface area contributed by atoms with Crippen molar-refractivity contribution in [3.63, 3.8) is 0 Å². The first kappa shape index (κ1) is 23.0. The molecular weight excluding hydrogens is 410 g/mol. The number of ether oxygens (including phenoxy) is 1. The molecule has 32 heavy (non-hydrogen) atoms. The summed E-state index contributed by atoms with van der Waals surface area (Å²) in [6, 6.07) is 16.2. The molecule has 3 rings (SSSR count). The minimum absolute atomic E-state index is 0.0761. The molecule has 1 aromatic heterocycles. The van der Waals surface area contributed by atoms with Gasteiger partial charge in [-0.2, -0.15) is 0 Å². The molecule has 0 saturated heterocycles. The van der Waals surface area contributed by atoms with Crippen LogP contribution in [0, 0.1) is 5.92 Å². The molecule has 8 nitrogen and oxygen atoms in total. The summed E-state index contributed by atoms with van der Waals surface area (Å²) in [4.78, 5) is 50.5. The minimum Gasteiger partial charge on any atom is -0.466 e. The highest BCUT2D eigenvalue weighted by Crippen LogP contribution is 2.11. The SMILES string of the molecule is CCOC(=O)C(CNC(=O)Cn1c(=O)n(CC)c(=O)c2ccccc21)Cc1ccccc1. The fraction of sp³-hybridized carbons (Fsp3) is 0.333. The average molecular weight is 437 g/mol. The smallest absolute Gasteiger partial charge is 0.331 e. The zero-order chi connectivity index (χ0) is 23.1. The van der Waals surface area contributed by atoms with Crippen molar-refractivity contribution >= 4 is 22.8 Å². The van der Waals surface area contributed by atoms with Crippen LogP contribution in [0.4, 0.5) is 0 Å². The number of nitrogens with zero attached hydrogens (tertiary/aromatic N) is 2. The predicted molar refractivity (Wildman–Crippen MR) is 121 cm³/mol. The number of carbonyl (C=O) groups excluding carboxylic acids is 2. The van der Waals surface area contributed by atoms with Crippen LogP contribution >= 0.6 is 0 Å². The Bertz CT molecular complexity index is 1210. The van der Waals surface area contributed by atoms with Crippen LogP contribution in [0.25, 0.3) is 10.9 Å². The number of hydrogen-bond donors (Lipinski definition) is 1. The number of rotatable bonds is 9. The Hall–Kier alpha value is -3.68. The number of hydrogen-bond acceptors (Lipinski definition) is 5. The fourth-order valence-corrected chi connectivity index (χ4v) is 3.64. The number of carbonyl (C=O) groups is 2. The highest BCUT2D eigenvalue weighted by atomic mass is 16.5. The third-order valence-electron chi connectivity index (χ3n) is 5.24. The van der Waals surface area contributed by atoms with E-state index in [4.69, 9.17) is 4.74 Å². The van der Waals surface area contributed by atoms with E-state index < -0.39 is 17.5 Å². The standard InChI is InChI=1S/C24H27N3O5/c1-3-26-22(29)19-12-8-9-13-20(19)27(24(26)31)16-21(28)25-15-18(23(30)32-4-2)14-17-10-6-5-7-11-17/h5-13,18H,3-4,14-16H2,1-2H3,(H,25,28). The highest BCUT2D eigenvalue weighted by Gasteiger charge is 2.22. The molecule has 0 spiro atoms. The first-order valence-electron chi connectivity index (χ1n) is 10.7. The molecule has 8 heteroatoms. The topological polar surface area (TPSA) is 99.4 Å². The van der Waals surface area contributed by atoms with Gasteiger partial charge in [0.15, 0.2) is 0 Å². The van der Waals surface area contributed by atoms with E-state index in [2.05, 4.69) is 5.32 Å². The van der Waals surface area contributed by atoms with Gasteiger partial charge in [0.2, 0.25) is 5.91 Å². The lowest BCUT2D eigenvalue weighted by Crippen LogP contribution is -2.43. The van der Waals surface area contributed by atoms with Crippen LogP contribution in [0.1, 0.15) is 19.4 Å². The summed E-state index contributed by atoms with van der Waals surface area (Å²) < 4.78 is 7.55. The zero-order valence-electron chi connectivity index (χ0n) is 18.2. The third kappa shape index (κ3) is 5.14. The number of amides is 1. The summed E-state index contributed by atoms with van der Waals surface area (Å²) in [6.45, 7) is 3.70. The van der Waals surface area contributed by atoms with Crippen molar-refractivity contribution in [1.82, 2.24) is 14.5 Å². The molecule has 1 atom stereocenters. The van der Waals surface area contributed by atoms with Gasteiger partial charge in [-0.25, -0.2) is 4.79 Å². The summed E-state index contributed by atoms with van der Waals surface area (Å²) in [6.07, 6.45) is 0.420. The molecule has 1 amide bonds. The van der Waals surface area contributed by atoms with E-state index in [-0.39, 0.29) is 37.8 Å². The molecule has 168 valence electrons. The van der Waals surface area contributed by atoms with E-state index in [0.29, 0.717) is 17.3 Å². The second-order valence-corrected chi connectivity index (χ2v) is 7.38. The Kier molecular flexibility index (Phi) is 7.59. The van der Waals surface area contributed by atoms with Crippen molar-refractivity contribution in [2.45, 2.75) is 33.4 Å². The number of aromatic nitrogens is 2. The van der Waals surface area contributed by atoms with Crippen LogP contribution in [0.5, 0.6) is 0 Å². The molecule has 1 N–H and O–H groups in total. The molecule has 3 aromatic rings. The normalized spacial score (nSPS) is 11.8. The fourth-order valence-electron chi connectivity index (χ4n) is 3.64. The summed E-state index contributed by atoms with van der Waals surface area (Å²) in [5, 5.41) is 3.12. The maximum Gasteiger partial charge on any atom is 0.331 e. The molecule has 0 bridgehead atoms. The number of nitrogens with one attached hydrogen (secondary N) is 1. The summed E-state index contributed by atoms with van der Waals surface area (Å²) >= 11 is 0. The van der Waals surface area contributed by atoms with Crippen LogP contribution in [0.3, 0.4) is 0 Å². The molecular formula is C24H27N3O5. The number of benzene rings is 2. The monoisotopic (exact) mass is 437 g/mol. The van der Waals surface area contributed by atoms with Gasteiger partial charge in [-0.1, -0.05) is 42.5 Å². The maximum absolute atomic E-state index is 12.8. The molecule has 0 aliphatic carbocycles. The number of fused-ring (bicyclic) bond motifs is 1. The van der Waals surface area contributed by atoms with Gasteiger partial charge < -0.3 is 10.1 Å². The van der Waals surface area contributed by atoms with Crippen molar-refractivity contribution in [2.24, 2.45) is 5.92 Å². The van der Waals surface area contributed by atoms with Gasteiger partial charge in [0.05, 0.1) is 23.4 Å². The average Bonchev–Trinajstić information content (AvgIpc) is 2.80. The van der Waals surface area contributed by atoms with Gasteiger partial charge >= 0.3 is 11.7 Å². The van der Waals surface area contributed by atoms with E-state index in [0.717, 1.165) is 10.1 Å². The lowest BCUT2D eigenvalue weighted by atomic mass is 9.99. The predicted octanol–water partition coefficient (Wildman–Crippen LogP) is 1.72. The van der Waals surface area contributed by atoms with Gasteiger partial charge in [0.25, 0.3) is 5.56 Å². The Morgan fingerprint density at radius 1 is 0.969 bits per heavy atom. The second-order valence-electron chi connectivity index (χ2n) is 7.38. The zero-order valence-corrected chi connectivity index (χ0v) is 18.2. The maximum atomic E-state index is 12.8. The van der Waals surface area contributed by atoms with Gasteiger partial charge in [0.1, 0.15) is 6.54 Å². The molecule has 0 aliphatic heterocycles. The number of para-hydroxylation sites is 1. The van der Waals surface area contributed by atoms with Crippen LogP contribution in [0.2, 0.25) is 0 Å². The van der Waals surface area contributed by atoms with Gasteiger partial charge in [-0.05, 0) is 38.0 Å². The first-order chi connectivity index (χ1) is 15.5. The quantitative estimate of drug-likeness (QED) is 0.514. The van der Waals surface area contributed by atoms with Crippen molar-refractivity contribution in [3.8, 4) is 0 Å². The van der Waals surface area contributed by atoms with E-state index in [9.17, 15) is 19.2 Å². The highest BCUT2D eigenvalue weighted by molar-refractivity contribution is 5.82. The van der Waals surface area contributed by atoms with E-state index in [1.165, 1.54) is 4.57 Å². The summed E-state index contributed by atoms with van der Waals surface area (Å²) in [5.74, 6) is -1.38. The summed E-state index contributed by atoms with van der Waals surface area (Å²) in [7, 11) is 0. The largest absolute Gasteiger partial charge is 0.466 e. The minimum atomic E-state index is -0.556. The molecule has 1 unspecified atom stereocenters. The van der Waals surface area contributed by atoms with Crippen LogP contribution in [-0.2, 0) is 33.8 Å². The Morgan fingerprint density at radius 2 is 1.66 bits per heavy atom.